The Labute approximate surface area is 113 Å². The SMILES string of the molecule is CC(=O)N(CCN)C(=O)C(=O)Nc1cc(F)ccc1F. The zero-order chi connectivity index (χ0) is 15.3. The van der Waals surface area contributed by atoms with Gasteiger partial charge in [-0.15, -0.1) is 0 Å². The smallest absolute Gasteiger partial charge is 0.318 e. The number of nitrogens with zero attached hydrogens (tertiary/aromatic N) is 1. The van der Waals surface area contributed by atoms with Crippen LogP contribution < -0.4 is 11.1 Å². The first kappa shape index (κ1) is 15.7. The van der Waals surface area contributed by atoms with Crippen molar-refractivity contribution in [2.24, 2.45) is 5.73 Å². The average Bonchev–Trinajstić information content (AvgIpc) is 2.39. The van der Waals surface area contributed by atoms with Crippen LogP contribution in [-0.2, 0) is 14.4 Å². The van der Waals surface area contributed by atoms with Crippen LogP contribution in [0.4, 0.5) is 14.5 Å². The lowest BCUT2D eigenvalue weighted by Crippen LogP contribution is -2.44. The summed E-state index contributed by atoms with van der Waals surface area (Å²) in [6.45, 7) is 0.920. The summed E-state index contributed by atoms with van der Waals surface area (Å²) >= 11 is 0. The number of nitrogens with two attached hydrogens (primary N) is 1. The zero-order valence-electron chi connectivity index (χ0n) is 10.7. The molecular weight excluding hydrogens is 272 g/mol. The van der Waals surface area contributed by atoms with Crippen LogP contribution in [0.15, 0.2) is 18.2 Å². The lowest BCUT2D eigenvalue weighted by Gasteiger charge is -2.17. The molecule has 1 aromatic rings. The molecule has 3 N–H and O–H groups in total. The normalized spacial score (nSPS) is 10.0. The Morgan fingerprint density at radius 3 is 2.50 bits per heavy atom. The van der Waals surface area contributed by atoms with Crippen LogP contribution in [0.5, 0.6) is 0 Å². The van der Waals surface area contributed by atoms with Crippen LogP contribution in [0.2, 0.25) is 0 Å². The third-order valence-corrected chi connectivity index (χ3v) is 2.35. The van der Waals surface area contributed by atoms with E-state index in [0.717, 1.165) is 25.1 Å². The summed E-state index contributed by atoms with van der Waals surface area (Å²) < 4.78 is 26.2. The lowest BCUT2D eigenvalue weighted by atomic mass is 10.3. The van der Waals surface area contributed by atoms with Gasteiger partial charge in [0.1, 0.15) is 11.6 Å². The van der Waals surface area contributed by atoms with E-state index >= 15 is 0 Å². The molecule has 0 aliphatic rings. The van der Waals surface area contributed by atoms with Gasteiger partial charge in [0.2, 0.25) is 5.91 Å². The number of carbonyl (C=O) groups is 3. The number of nitrogens with one attached hydrogen (secondary N) is 1. The van der Waals surface area contributed by atoms with Crippen molar-refractivity contribution in [3.8, 4) is 0 Å². The van der Waals surface area contributed by atoms with Crippen LogP contribution in [0.3, 0.4) is 0 Å². The molecule has 0 heterocycles. The van der Waals surface area contributed by atoms with E-state index in [1.54, 1.807) is 0 Å². The van der Waals surface area contributed by atoms with Gasteiger partial charge in [-0.05, 0) is 12.1 Å². The minimum atomic E-state index is -1.25. The van der Waals surface area contributed by atoms with Gasteiger partial charge in [-0.1, -0.05) is 0 Å². The molecule has 108 valence electrons. The molecule has 0 saturated carbocycles. The molecule has 1 aromatic carbocycles. The van der Waals surface area contributed by atoms with Gasteiger partial charge < -0.3 is 11.1 Å². The fourth-order valence-corrected chi connectivity index (χ4v) is 1.42. The van der Waals surface area contributed by atoms with Gasteiger partial charge in [-0.25, -0.2) is 8.78 Å². The Morgan fingerprint density at radius 1 is 1.30 bits per heavy atom. The molecule has 0 atom stereocenters. The molecule has 0 aliphatic carbocycles. The maximum absolute atomic E-state index is 13.3. The highest BCUT2D eigenvalue weighted by Gasteiger charge is 2.25. The molecule has 0 spiro atoms. The summed E-state index contributed by atoms with van der Waals surface area (Å²) in [5.41, 5.74) is 4.73. The maximum Gasteiger partial charge on any atom is 0.318 e. The topological polar surface area (TPSA) is 92.5 Å². The van der Waals surface area contributed by atoms with Gasteiger partial charge in [0.05, 0.1) is 5.69 Å². The van der Waals surface area contributed by atoms with Crippen molar-refractivity contribution >= 4 is 23.4 Å². The van der Waals surface area contributed by atoms with Crippen LogP contribution in [0, 0.1) is 11.6 Å². The predicted octanol–water partition coefficient (Wildman–Crippen LogP) is 0.237. The second kappa shape index (κ2) is 6.71. The van der Waals surface area contributed by atoms with Gasteiger partial charge in [0.25, 0.3) is 0 Å². The highest BCUT2D eigenvalue weighted by atomic mass is 19.1. The molecule has 0 fully saturated rings. The third kappa shape index (κ3) is 3.82. The van der Waals surface area contributed by atoms with Crippen LogP contribution in [-0.4, -0.2) is 35.7 Å². The highest BCUT2D eigenvalue weighted by Crippen LogP contribution is 2.15. The van der Waals surface area contributed by atoms with Crippen molar-refractivity contribution in [1.29, 1.82) is 0 Å². The van der Waals surface area contributed by atoms with Crippen molar-refractivity contribution in [2.45, 2.75) is 6.92 Å². The Bertz CT molecular complexity index is 549. The van der Waals surface area contributed by atoms with Crippen LogP contribution >= 0.6 is 0 Å². The van der Waals surface area contributed by atoms with Crippen molar-refractivity contribution in [2.75, 3.05) is 18.4 Å². The highest BCUT2D eigenvalue weighted by molar-refractivity contribution is 6.41. The summed E-state index contributed by atoms with van der Waals surface area (Å²) in [4.78, 5) is 35.1. The van der Waals surface area contributed by atoms with Crippen molar-refractivity contribution < 1.29 is 23.2 Å². The van der Waals surface area contributed by atoms with E-state index in [1.807, 2.05) is 5.32 Å². The number of rotatable bonds is 3. The predicted molar refractivity (Wildman–Crippen MR) is 66.4 cm³/mol. The van der Waals surface area contributed by atoms with Crippen molar-refractivity contribution in [3.63, 3.8) is 0 Å². The van der Waals surface area contributed by atoms with Crippen LogP contribution in [0.1, 0.15) is 6.92 Å². The second-order valence-electron chi connectivity index (χ2n) is 3.84. The monoisotopic (exact) mass is 285 g/mol. The Kier molecular flexibility index (Phi) is 5.27. The summed E-state index contributed by atoms with van der Waals surface area (Å²) in [5.74, 6) is -4.79. The zero-order valence-corrected chi connectivity index (χ0v) is 10.7. The number of carbonyl (C=O) groups excluding carboxylic acids is 3. The van der Waals surface area contributed by atoms with Crippen molar-refractivity contribution in [3.05, 3.63) is 29.8 Å². The minimum Gasteiger partial charge on any atom is -0.329 e. The number of hydrogen-bond donors (Lipinski definition) is 2. The molecule has 6 nitrogen and oxygen atoms in total. The standard InChI is InChI=1S/C12H13F2N3O3/c1-7(18)17(5-4-15)12(20)11(19)16-10-6-8(13)2-3-9(10)14/h2-3,6H,4-5,15H2,1H3,(H,16,19). The van der Waals surface area contributed by atoms with Gasteiger partial charge in [-0.2, -0.15) is 0 Å². The quantitative estimate of drug-likeness (QED) is 0.778. The Morgan fingerprint density at radius 2 is 1.95 bits per heavy atom. The average molecular weight is 285 g/mol. The molecule has 0 saturated heterocycles. The summed E-state index contributed by atoms with van der Waals surface area (Å²) in [6, 6.07) is 2.39. The van der Waals surface area contributed by atoms with Crippen LogP contribution in [0.25, 0.3) is 0 Å². The summed E-state index contributed by atoms with van der Waals surface area (Å²) in [5, 5.41) is 1.91. The minimum absolute atomic E-state index is 0.0209. The first-order valence-electron chi connectivity index (χ1n) is 5.65. The lowest BCUT2D eigenvalue weighted by molar-refractivity contribution is -0.149. The fraction of sp³-hybridized carbons (Fsp3) is 0.250. The van der Waals surface area contributed by atoms with Gasteiger partial charge in [-0.3, -0.25) is 19.3 Å². The fourth-order valence-electron chi connectivity index (χ4n) is 1.42. The molecular formula is C12H13F2N3O3. The summed E-state index contributed by atoms with van der Waals surface area (Å²) in [7, 11) is 0. The van der Waals surface area contributed by atoms with E-state index in [4.69, 9.17) is 5.73 Å². The second-order valence-corrected chi connectivity index (χ2v) is 3.84. The first-order chi connectivity index (χ1) is 9.36. The largest absolute Gasteiger partial charge is 0.329 e. The van der Waals surface area contributed by atoms with Gasteiger partial charge in [0, 0.05) is 26.1 Å². The first-order valence-corrected chi connectivity index (χ1v) is 5.65. The van der Waals surface area contributed by atoms with E-state index in [9.17, 15) is 23.2 Å². The van der Waals surface area contributed by atoms with Gasteiger partial charge >= 0.3 is 11.8 Å². The molecule has 8 heteroatoms. The Balaban J connectivity index is 2.87. The number of benzene rings is 1. The number of hydrogen-bond acceptors (Lipinski definition) is 4. The van der Waals surface area contributed by atoms with Crippen molar-refractivity contribution in [1.82, 2.24) is 4.90 Å². The molecule has 20 heavy (non-hydrogen) atoms. The van der Waals surface area contributed by atoms with E-state index in [2.05, 4.69) is 0 Å². The number of halogens is 2. The van der Waals surface area contributed by atoms with E-state index in [0.29, 0.717) is 4.90 Å². The van der Waals surface area contributed by atoms with E-state index in [-0.39, 0.29) is 13.1 Å². The molecule has 0 bridgehead atoms. The number of anilines is 1. The number of amides is 3. The van der Waals surface area contributed by atoms with Gasteiger partial charge in [0.15, 0.2) is 0 Å². The molecule has 0 aliphatic heterocycles. The third-order valence-electron chi connectivity index (χ3n) is 2.35. The summed E-state index contributed by atoms with van der Waals surface area (Å²) in [6.07, 6.45) is 0. The number of imide groups is 1. The molecule has 1 rings (SSSR count). The molecule has 0 radical (unpaired) electrons. The molecule has 0 unspecified atom stereocenters. The molecule has 0 aromatic heterocycles. The maximum atomic E-state index is 13.3. The van der Waals surface area contributed by atoms with E-state index in [1.165, 1.54) is 0 Å². The van der Waals surface area contributed by atoms with E-state index < -0.39 is 35.0 Å². The Hall–Kier alpha value is -2.35. The molecule has 3 amide bonds.